The van der Waals surface area contributed by atoms with Gasteiger partial charge in [-0.15, -0.1) is 0 Å². The maximum Gasteiger partial charge on any atom is 0.231 e. The second kappa shape index (κ2) is 8.44. The van der Waals surface area contributed by atoms with Gasteiger partial charge in [-0.05, 0) is 17.7 Å². The van der Waals surface area contributed by atoms with Crippen molar-refractivity contribution in [1.29, 1.82) is 0 Å². The lowest BCUT2D eigenvalue weighted by molar-refractivity contribution is -0.132. The van der Waals surface area contributed by atoms with Crippen LogP contribution in [-0.2, 0) is 11.3 Å². The van der Waals surface area contributed by atoms with E-state index in [2.05, 4.69) is 11.0 Å². The van der Waals surface area contributed by atoms with E-state index in [1.54, 1.807) is 12.1 Å². The number of Topliss-reactive ketones (excluding diaryl/α,β-unsaturated/α-hetero) is 1. The molecule has 2 aromatic rings. The summed E-state index contributed by atoms with van der Waals surface area (Å²) < 4.78 is 10.8. The van der Waals surface area contributed by atoms with Crippen molar-refractivity contribution in [2.75, 3.05) is 33.0 Å². The first-order chi connectivity index (χ1) is 13.7. The molecule has 0 N–H and O–H groups in total. The zero-order chi connectivity index (χ0) is 19.3. The van der Waals surface area contributed by atoms with Crippen LogP contribution in [0.25, 0.3) is 0 Å². The van der Waals surface area contributed by atoms with Crippen LogP contribution < -0.4 is 9.47 Å². The summed E-state index contributed by atoms with van der Waals surface area (Å²) in [5.74, 6) is 1.68. The van der Waals surface area contributed by atoms with Gasteiger partial charge in [0.25, 0.3) is 0 Å². The van der Waals surface area contributed by atoms with Crippen molar-refractivity contribution in [3.8, 4) is 11.5 Å². The lowest BCUT2D eigenvalue weighted by Gasteiger charge is -2.34. The molecular weight excluding hydrogens is 356 g/mol. The summed E-state index contributed by atoms with van der Waals surface area (Å²) in [4.78, 5) is 28.8. The zero-order valence-electron chi connectivity index (χ0n) is 15.8. The molecule has 6 heteroatoms. The summed E-state index contributed by atoms with van der Waals surface area (Å²) in [7, 11) is 0. The summed E-state index contributed by atoms with van der Waals surface area (Å²) >= 11 is 0. The Labute approximate surface area is 164 Å². The first-order valence-corrected chi connectivity index (χ1v) is 9.66. The summed E-state index contributed by atoms with van der Waals surface area (Å²) in [5, 5.41) is 0. The van der Waals surface area contributed by atoms with Gasteiger partial charge in [-0.25, -0.2) is 0 Å². The second-order valence-electron chi connectivity index (χ2n) is 7.13. The lowest BCUT2D eigenvalue weighted by atomic mass is 10.1. The number of ether oxygens (including phenoxy) is 2. The smallest absolute Gasteiger partial charge is 0.231 e. The SMILES string of the molecule is O=C(CCC(=O)N1CCN(Cc2ccc3c(c2)OCO3)CC1)c1ccccc1. The molecule has 1 saturated heterocycles. The Morgan fingerprint density at radius 3 is 2.39 bits per heavy atom. The molecule has 2 aliphatic heterocycles. The van der Waals surface area contributed by atoms with Gasteiger partial charge in [-0.3, -0.25) is 14.5 Å². The molecule has 0 spiro atoms. The molecule has 4 rings (SSSR count). The van der Waals surface area contributed by atoms with Gasteiger partial charge in [0.2, 0.25) is 12.7 Å². The number of carbonyl (C=O) groups excluding carboxylic acids is 2. The Balaban J connectivity index is 1.22. The first kappa shape index (κ1) is 18.5. The highest BCUT2D eigenvalue weighted by atomic mass is 16.7. The molecule has 2 aromatic carbocycles. The first-order valence-electron chi connectivity index (χ1n) is 9.66. The molecule has 146 valence electrons. The number of hydrogen-bond donors (Lipinski definition) is 0. The maximum atomic E-state index is 12.5. The van der Waals surface area contributed by atoms with E-state index in [0.29, 0.717) is 18.7 Å². The number of hydrogen-bond acceptors (Lipinski definition) is 5. The van der Waals surface area contributed by atoms with Crippen LogP contribution in [0.5, 0.6) is 11.5 Å². The molecule has 2 aliphatic rings. The van der Waals surface area contributed by atoms with Crippen LogP contribution in [0.4, 0.5) is 0 Å². The minimum Gasteiger partial charge on any atom is -0.454 e. The summed E-state index contributed by atoms with van der Waals surface area (Å²) in [6, 6.07) is 15.2. The third-order valence-electron chi connectivity index (χ3n) is 5.23. The summed E-state index contributed by atoms with van der Waals surface area (Å²) in [6.45, 7) is 4.16. The average molecular weight is 380 g/mol. The van der Waals surface area contributed by atoms with Crippen molar-refractivity contribution in [2.24, 2.45) is 0 Å². The van der Waals surface area contributed by atoms with Crippen molar-refractivity contribution in [3.63, 3.8) is 0 Å². The molecule has 0 radical (unpaired) electrons. The van der Waals surface area contributed by atoms with E-state index in [4.69, 9.17) is 9.47 Å². The van der Waals surface area contributed by atoms with Crippen LogP contribution in [0.3, 0.4) is 0 Å². The summed E-state index contributed by atoms with van der Waals surface area (Å²) in [6.07, 6.45) is 0.538. The van der Waals surface area contributed by atoms with Gasteiger partial charge in [0.05, 0.1) is 0 Å². The number of benzene rings is 2. The highest BCUT2D eigenvalue weighted by Crippen LogP contribution is 2.32. The maximum absolute atomic E-state index is 12.5. The third-order valence-corrected chi connectivity index (χ3v) is 5.23. The molecule has 0 aliphatic carbocycles. The molecular formula is C22H24N2O4. The highest BCUT2D eigenvalue weighted by Gasteiger charge is 2.22. The van der Waals surface area contributed by atoms with Crippen molar-refractivity contribution < 1.29 is 19.1 Å². The van der Waals surface area contributed by atoms with E-state index < -0.39 is 0 Å². The van der Waals surface area contributed by atoms with E-state index in [0.717, 1.165) is 31.1 Å². The molecule has 2 heterocycles. The van der Waals surface area contributed by atoms with E-state index in [-0.39, 0.29) is 31.3 Å². The van der Waals surface area contributed by atoms with Crippen LogP contribution >= 0.6 is 0 Å². The number of nitrogens with zero attached hydrogens (tertiary/aromatic N) is 2. The molecule has 1 fully saturated rings. The fourth-order valence-electron chi connectivity index (χ4n) is 3.60. The molecule has 0 bridgehead atoms. The predicted molar refractivity (Wildman–Crippen MR) is 104 cm³/mol. The number of fused-ring (bicyclic) bond motifs is 1. The van der Waals surface area contributed by atoms with E-state index in [1.807, 2.05) is 35.2 Å². The Hall–Kier alpha value is -2.86. The van der Waals surface area contributed by atoms with Gasteiger partial charge in [0.1, 0.15) is 0 Å². The molecule has 0 saturated carbocycles. The average Bonchev–Trinajstić information content (AvgIpc) is 3.21. The Kier molecular flexibility index (Phi) is 5.58. The second-order valence-corrected chi connectivity index (χ2v) is 7.13. The monoisotopic (exact) mass is 380 g/mol. The molecule has 0 aromatic heterocycles. The number of rotatable bonds is 6. The van der Waals surface area contributed by atoms with Crippen LogP contribution in [0, 0.1) is 0 Å². The standard InChI is InChI=1S/C22H24N2O4/c25-19(18-4-2-1-3-5-18)7-9-22(26)24-12-10-23(11-13-24)15-17-6-8-20-21(14-17)28-16-27-20/h1-6,8,14H,7,9-13,15-16H2. The summed E-state index contributed by atoms with van der Waals surface area (Å²) in [5.41, 5.74) is 1.85. The van der Waals surface area contributed by atoms with Crippen molar-refractivity contribution in [3.05, 3.63) is 59.7 Å². The van der Waals surface area contributed by atoms with Crippen molar-refractivity contribution in [2.45, 2.75) is 19.4 Å². The van der Waals surface area contributed by atoms with Gasteiger partial charge >= 0.3 is 0 Å². The number of piperazine rings is 1. The fourth-order valence-corrected chi connectivity index (χ4v) is 3.60. The molecule has 0 unspecified atom stereocenters. The quantitative estimate of drug-likeness (QED) is 0.721. The van der Waals surface area contributed by atoms with Crippen molar-refractivity contribution >= 4 is 11.7 Å². The largest absolute Gasteiger partial charge is 0.454 e. The molecule has 28 heavy (non-hydrogen) atoms. The van der Waals surface area contributed by atoms with E-state index in [9.17, 15) is 9.59 Å². The normalized spacial score (nSPS) is 16.2. The minimum atomic E-state index is 0.0235. The number of amides is 1. The van der Waals surface area contributed by atoms with Gasteiger partial charge in [0, 0.05) is 51.1 Å². The van der Waals surface area contributed by atoms with Gasteiger partial charge in [0.15, 0.2) is 17.3 Å². The van der Waals surface area contributed by atoms with Crippen LogP contribution in [0.2, 0.25) is 0 Å². The Morgan fingerprint density at radius 2 is 1.61 bits per heavy atom. The lowest BCUT2D eigenvalue weighted by Crippen LogP contribution is -2.48. The van der Waals surface area contributed by atoms with Gasteiger partial charge in [-0.1, -0.05) is 36.4 Å². The molecule has 0 atom stereocenters. The molecule has 1 amide bonds. The Bertz CT molecular complexity index is 845. The number of carbonyl (C=O) groups is 2. The Morgan fingerprint density at radius 1 is 0.857 bits per heavy atom. The highest BCUT2D eigenvalue weighted by molar-refractivity contribution is 5.97. The third kappa shape index (κ3) is 4.34. The minimum absolute atomic E-state index is 0.0235. The fraction of sp³-hybridized carbons (Fsp3) is 0.364. The van der Waals surface area contributed by atoms with E-state index >= 15 is 0 Å². The van der Waals surface area contributed by atoms with Crippen LogP contribution in [0.1, 0.15) is 28.8 Å². The topological polar surface area (TPSA) is 59.1 Å². The molecule has 6 nitrogen and oxygen atoms in total. The zero-order valence-corrected chi connectivity index (χ0v) is 15.8. The van der Waals surface area contributed by atoms with Crippen LogP contribution in [-0.4, -0.2) is 54.5 Å². The number of ketones is 1. The van der Waals surface area contributed by atoms with Gasteiger partial charge in [-0.2, -0.15) is 0 Å². The predicted octanol–water partition coefficient (Wildman–Crippen LogP) is 2.72. The van der Waals surface area contributed by atoms with Crippen molar-refractivity contribution in [1.82, 2.24) is 9.80 Å². The van der Waals surface area contributed by atoms with Gasteiger partial charge < -0.3 is 14.4 Å². The van der Waals surface area contributed by atoms with Crippen LogP contribution in [0.15, 0.2) is 48.5 Å². The van der Waals surface area contributed by atoms with E-state index in [1.165, 1.54) is 5.56 Å².